The lowest BCUT2D eigenvalue weighted by Crippen LogP contribution is -2.34. The number of furan rings is 1. The Hall–Kier alpha value is -4.53. The predicted molar refractivity (Wildman–Crippen MR) is 136 cm³/mol. The zero-order chi connectivity index (χ0) is 24.8. The molecule has 1 unspecified atom stereocenters. The molecule has 7 nitrogen and oxygen atoms in total. The minimum Gasteiger partial charge on any atom is -0.464 e. The monoisotopic (exact) mass is 479 g/mol. The van der Waals surface area contributed by atoms with Gasteiger partial charge in [-0.3, -0.25) is 9.69 Å². The van der Waals surface area contributed by atoms with Crippen LogP contribution >= 0.6 is 11.8 Å². The Balaban J connectivity index is 1.78. The predicted octanol–water partition coefficient (Wildman–Crippen LogP) is 5.90. The van der Waals surface area contributed by atoms with Gasteiger partial charge in [-0.05, 0) is 42.8 Å². The summed E-state index contributed by atoms with van der Waals surface area (Å²) in [5.74, 6) is 0.150. The summed E-state index contributed by atoms with van der Waals surface area (Å²) < 4.78 is 5.48. The van der Waals surface area contributed by atoms with Gasteiger partial charge in [-0.2, -0.15) is 10.5 Å². The quantitative estimate of drug-likeness (QED) is 0.327. The van der Waals surface area contributed by atoms with E-state index >= 15 is 0 Å². The van der Waals surface area contributed by atoms with Gasteiger partial charge in [0.15, 0.2) is 0 Å². The molecular weight excluding hydrogens is 458 g/mol. The molecule has 0 aliphatic heterocycles. The minimum atomic E-state index is -0.577. The van der Waals surface area contributed by atoms with Gasteiger partial charge >= 0.3 is 0 Å². The number of rotatable bonds is 7. The fourth-order valence-electron chi connectivity index (χ4n) is 3.70. The number of thioether (sulfide) groups is 1. The molecule has 0 aliphatic carbocycles. The Morgan fingerprint density at radius 2 is 1.60 bits per heavy atom. The summed E-state index contributed by atoms with van der Waals surface area (Å²) >= 11 is 1.15. The van der Waals surface area contributed by atoms with Gasteiger partial charge in [-0.15, -0.1) is 0 Å². The molecule has 0 spiro atoms. The highest BCUT2D eigenvalue weighted by atomic mass is 32.2. The number of hydrogen-bond acceptors (Lipinski definition) is 7. The summed E-state index contributed by atoms with van der Waals surface area (Å²) in [6, 6.07) is 26.2. The molecule has 2 aromatic heterocycles. The summed E-state index contributed by atoms with van der Waals surface area (Å²) in [7, 11) is 0. The first kappa shape index (κ1) is 23.6. The topological polar surface area (TPSA) is 120 Å². The van der Waals surface area contributed by atoms with Crippen molar-refractivity contribution in [1.82, 2.24) is 4.98 Å². The number of nitrogens with zero attached hydrogens (tertiary/aromatic N) is 4. The van der Waals surface area contributed by atoms with Crippen LogP contribution < -0.4 is 10.6 Å². The van der Waals surface area contributed by atoms with Crippen molar-refractivity contribution < 1.29 is 9.21 Å². The number of hydrogen-bond donors (Lipinski definition) is 1. The number of amides is 1. The molecule has 0 saturated carbocycles. The van der Waals surface area contributed by atoms with Crippen molar-refractivity contribution in [3.8, 4) is 23.5 Å². The Labute approximate surface area is 207 Å². The number of benzene rings is 2. The number of anilines is 3. The third-order valence-electron chi connectivity index (χ3n) is 5.33. The van der Waals surface area contributed by atoms with Crippen molar-refractivity contribution in [3.63, 3.8) is 0 Å². The maximum absolute atomic E-state index is 13.9. The molecule has 2 N–H and O–H groups in total. The highest BCUT2D eigenvalue weighted by Gasteiger charge is 2.30. The van der Waals surface area contributed by atoms with Crippen LogP contribution in [0.15, 0.2) is 88.5 Å². The molecule has 0 aliphatic rings. The molecule has 1 amide bonds. The van der Waals surface area contributed by atoms with E-state index in [0.717, 1.165) is 23.1 Å². The van der Waals surface area contributed by atoms with Crippen LogP contribution in [0.1, 0.15) is 24.5 Å². The maximum Gasteiger partial charge on any atom is 0.245 e. The van der Waals surface area contributed by atoms with E-state index in [1.807, 2.05) is 73.7 Å². The molecule has 0 saturated heterocycles. The largest absolute Gasteiger partial charge is 0.464 e. The van der Waals surface area contributed by atoms with E-state index in [1.165, 1.54) is 6.26 Å². The number of nitrogen functional groups attached to an aromatic ring is 1. The lowest BCUT2D eigenvalue weighted by atomic mass is 10.0. The zero-order valence-electron chi connectivity index (χ0n) is 18.9. The van der Waals surface area contributed by atoms with Crippen LogP contribution in [0.3, 0.4) is 0 Å². The van der Waals surface area contributed by atoms with Crippen LogP contribution in [-0.2, 0) is 4.79 Å². The van der Waals surface area contributed by atoms with Gasteiger partial charge in [0.2, 0.25) is 5.91 Å². The molecule has 0 bridgehead atoms. The molecule has 35 heavy (non-hydrogen) atoms. The zero-order valence-corrected chi connectivity index (χ0v) is 19.7. The number of pyridine rings is 1. The van der Waals surface area contributed by atoms with Gasteiger partial charge in [-0.25, -0.2) is 4.98 Å². The van der Waals surface area contributed by atoms with E-state index in [4.69, 9.17) is 10.2 Å². The van der Waals surface area contributed by atoms with E-state index in [2.05, 4.69) is 11.1 Å². The Morgan fingerprint density at radius 3 is 2.09 bits per heavy atom. The summed E-state index contributed by atoms with van der Waals surface area (Å²) in [6.45, 7) is 1.90. The van der Waals surface area contributed by atoms with Crippen LogP contribution in [-0.4, -0.2) is 16.1 Å². The fraction of sp³-hybridized carbons (Fsp3) is 0.111. The SMILES string of the molecule is CCC(Sc1nc(N)c(C#N)c(-c2ccco2)c1C#N)C(=O)N(c1ccccc1)c1ccccc1. The second-order valence-corrected chi connectivity index (χ2v) is 8.68. The van der Waals surface area contributed by atoms with Crippen LogP contribution in [0.5, 0.6) is 0 Å². The van der Waals surface area contributed by atoms with E-state index in [9.17, 15) is 15.3 Å². The molecule has 2 heterocycles. The molecule has 1 atom stereocenters. The molecule has 4 aromatic rings. The Bertz CT molecular complexity index is 1370. The Morgan fingerprint density at radius 1 is 1.00 bits per heavy atom. The molecule has 0 radical (unpaired) electrons. The average Bonchev–Trinajstić information content (AvgIpc) is 3.43. The highest BCUT2D eigenvalue weighted by Crippen LogP contribution is 2.39. The van der Waals surface area contributed by atoms with E-state index < -0.39 is 5.25 Å². The number of carbonyl (C=O) groups excluding carboxylic acids is 1. The van der Waals surface area contributed by atoms with Crippen molar-refractivity contribution in [2.75, 3.05) is 10.6 Å². The first-order chi connectivity index (χ1) is 17.1. The first-order valence-corrected chi connectivity index (χ1v) is 11.7. The van der Waals surface area contributed by atoms with Gasteiger partial charge in [0.1, 0.15) is 34.3 Å². The normalized spacial score (nSPS) is 11.3. The van der Waals surface area contributed by atoms with Gasteiger partial charge in [-0.1, -0.05) is 55.1 Å². The number of nitrogens with two attached hydrogens (primary N) is 1. The van der Waals surface area contributed by atoms with Crippen molar-refractivity contribution in [2.45, 2.75) is 23.6 Å². The van der Waals surface area contributed by atoms with Crippen LogP contribution in [0.4, 0.5) is 17.2 Å². The second-order valence-electron chi connectivity index (χ2n) is 7.49. The summed E-state index contributed by atoms with van der Waals surface area (Å²) in [5.41, 5.74) is 8.05. The summed E-state index contributed by atoms with van der Waals surface area (Å²) in [6.07, 6.45) is 1.93. The lowest BCUT2D eigenvalue weighted by Gasteiger charge is -2.27. The van der Waals surface area contributed by atoms with Crippen LogP contribution in [0.25, 0.3) is 11.3 Å². The Kier molecular flexibility index (Phi) is 7.15. The lowest BCUT2D eigenvalue weighted by molar-refractivity contribution is -0.117. The summed E-state index contributed by atoms with van der Waals surface area (Å²) in [5, 5.41) is 19.4. The van der Waals surface area contributed by atoms with Gasteiger partial charge in [0.25, 0.3) is 0 Å². The highest BCUT2D eigenvalue weighted by molar-refractivity contribution is 8.00. The first-order valence-electron chi connectivity index (χ1n) is 10.9. The molecule has 2 aromatic carbocycles. The standard InChI is InChI=1S/C27H21N5O2S/c1-2-23(27(33)32(18-10-5-3-6-11-18)19-12-7-4-8-13-19)35-26-21(17-29)24(22-14-9-15-34-22)20(16-28)25(30)31-26/h3-15,23H,2H2,1H3,(H2,30,31). The van der Waals surface area contributed by atoms with E-state index in [0.29, 0.717) is 12.2 Å². The van der Waals surface area contributed by atoms with Crippen molar-refractivity contribution in [2.24, 2.45) is 0 Å². The van der Waals surface area contributed by atoms with Crippen LogP contribution in [0.2, 0.25) is 0 Å². The third-order valence-corrected chi connectivity index (χ3v) is 6.67. The minimum absolute atomic E-state index is 0.0225. The third kappa shape index (κ3) is 4.74. The fourth-order valence-corrected chi connectivity index (χ4v) is 4.75. The summed E-state index contributed by atoms with van der Waals surface area (Å²) in [4.78, 5) is 19.9. The molecule has 0 fully saturated rings. The van der Waals surface area contributed by atoms with Crippen molar-refractivity contribution in [3.05, 3.63) is 90.2 Å². The second kappa shape index (κ2) is 10.6. The van der Waals surface area contributed by atoms with Gasteiger partial charge in [0, 0.05) is 11.4 Å². The molecule has 8 heteroatoms. The molecular formula is C27H21N5O2S. The van der Waals surface area contributed by atoms with Gasteiger partial charge < -0.3 is 10.2 Å². The molecule has 172 valence electrons. The van der Waals surface area contributed by atoms with E-state index in [-0.39, 0.29) is 33.4 Å². The number of nitriles is 2. The number of carbonyl (C=O) groups is 1. The van der Waals surface area contributed by atoms with Crippen molar-refractivity contribution >= 4 is 34.9 Å². The molecule has 4 rings (SSSR count). The number of para-hydroxylation sites is 2. The van der Waals surface area contributed by atoms with Gasteiger partial charge in [0.05, 0.1) is 22.6 Å². The van der Waals surface area contributed by atoms with Crippen molar-refractivity contribution in [1.29, 1.82) is 10.5 Å². The average molecular weight is 480 g/mol. The van der Waals surface area contributed by atoms with E-state index in [1.54, 1.807) is 17.0 Å². The van der Waals surface area contributed by atoms with Crippen LogP contribution in [0, 0.1) is 22.7 Å². The number of aromatic nitrogens is 1. The maximum atomic E-state index is 13.9. The smallest absolute Gasteiger partial charge is 0.245 e.